The van der Waals surface area contributed by atoms with E-state index in [2.05, 4.69) is 35.0 Å². The van der Waals surface area contributed by atoms with Crippen LogP contribution in [-0.2, 0) is 0 Å². The van der Waals surface area contributed by atoms with E-state index in [-0.39, 0.29) is 6.10 Å². The predicted octanol–water partition coefficient (Wildman–Crippen LogP) is 3.03. The Hall–Kier alpha value is -1.81. The number of likely N-dealkylation sites (tertiary alicyclic amines) is 1. The summed E-state index contributed by atoms with van der Waals surface area (Å²) in [5.74, 6) is 1.65. The highest BCUT2D eigenvalue weighted by atomic mass is 16.5. The lowest BCUT2D eigenvalue weighted by Crippen LogP contribution is -2.45. The maximum Gasteiger partial charge on any atom is 0.215 e. The molecule has 3 rings (SSSR count). The average molecular weight is 299 g/mol. The van der Waals surface area contributed by atoms with E-state index in [0.29, 0.717) is 17.6 Å². The van der Waals surface area contributed by atoms with Crippen LogP contribution in [0.25, 0.3) is 0 Å². The van der Waals surface area contributed by atoms with Gasteiger partial charge in [-0.15, -0.1) is 0 Å². The second kappa shape index (κ2) is 6.97. The molecule has 1 aromatic heterocycles. The number of nitrogens with zero attached hydrogens (tertiary/aromatic N) is 2. The number of hydrogen-bond acceptors (Lipinski definition) is 4. The Kier molecular flexibility index (Phi) is 4.78. The first-order valence-electron chi connectivity index (χ1n) is 8.18. The molecule has 22 heavy (non-hydrogen) atoms. The predicted molar refractivity (Wildman–Crippen MR) is 89.7 cm³/mol. The van der Waals surface area contributed by atoms with Crippen molar-refractivity contribution in [3.8, 4) is 5.88 Å². The van der Waals surface area contributed by atoms with Crippen LogP contribution in [0.1, 0.15) is 26.2 Å². The van der Waals surface area contributed by atoms with Gasteiger partial charge in [-0.25, -0.2) is 0 Å². The Morgan fingerprint density at radius 2 is 2.27 bits per heavy atom. The molecule has 0 bridgehead atoms. The molecule has 0 amide bonds. The van der Waals surface area contributed by atoms with Gasteiger partial charge >= 0.3 is 0 Å². The summed E-state index contributed by atoms with van der Waals surface area (Å²) in [6.07, 6.45) is 10.5. The van der Waals surface area contributed by atoms with Crippen LogP contribution in [0.4, 0.5) is 5.82 Å². The monoisotopic (exact) mass is 299 g/mol. The topological polar surface area (TPSA) is 51.4 Å². The zero-order chi connectivity index (χ0) is 15.4. The van der Waals surface area contributed by atoms with E-state index < -0.39 is 0 Å². The minimum Gasteiger partial charge on any atom is -0.474 e. The molecule has 0 saturated carbocycles. The molecule has 4 nitrogen and oxygen atoms in total. The lowest BCUT2D eigenvalue weighted by atomic mass is 9.95. The number of ether oxygens (including phenoxy) is 1. The van der Waals surface area contributed by atoms with Gasteiger partial charge in [0.05, 0.1) is 0 Å². The third kappa shape index (κ3) is 3.89. The second-order valence-corrected chi connectivity index (χ2v) is 6.32. The molecule has 2 N–H and O–H groups in total. The minimum absolute atomic E-state index is 0.224. The molecule has 0 radical (unpaired) electrons. The summed E-state index contributed by atoms with van der Waals surface area (Å²) in [7, 11) is 0. The van der Waals surface area contributed by atoms with Crippen LogP contribution < -0.4 is 10.5 Å². The summed E-state index contributed by atoms with van der Waals surface area (Å²) in [6, 6.07) is 5.55. The zero-order valence-corrected chi connectivity index (χ0v) is 13.2. The summed E-state index contributed by atoms with van der Waals surface area (Å²) in [5, 5.41) is 0. The Labute approximate surface area is 132 Å². The van der Waals surface area contributed by atoms with Gasteiger partial charge in [0, 0.05) is 31.6 Å². The van der Waals surface area contributed by atoms with Crippen molar-refractivity contribution in [3.05, 3.63) is 42.0 Å². The fraction of sp³-hybridized carbons (Fsp3) is 0.500. The lowest BCUT2D eigenvalue weighted by Gasteiger charge is -2.37. The maximum absolute atomic E-state index is 6.04. The fourth-order valence-corrected chi connectivity index (χ4v) is 3.22. The largest absolute Gasteiger partial charge is 0.474 e. The first-order valence-corrected chi connectivity index (χ1v) is 8.18. The summed E-state index contributed by atoms with van der Waals surface area (Å²) in [5.41, 5.74) is 7.17. The highest BCUT2D eigenvalue weighted by Crippen LogP contribution is 2.23. The van der Waals surface area contributed by atoms with Crippen molar-refractivity contribution in [1.82, 2.24) is 9.88 Å². The molecule has 1 fully saturated rings. The van der Waals surface area contributed by atoms with Gasteiger partial charge in [-0.3, -0.25) is 4.90 Å². The van der Waals surface area contributed by atoms with Crippen LogP contribution in [0, 0.1) is 5.92 Å². The van der Waals surface area contributed by atoms with Gasteiger partial charge in [0.2, 0.25) is 5.88 Å². The van der Waals surface area contributed by atoms with Crippen molar-refractivity contribution < 1.29 is 4.74 Å². The Balaban J connectivity index is 1.53. The van der Waals surface area contributed by atoms with E-state index in [9.17, 15) is 0 Å². The number of nitrogens with two attached hydrogens (primary N) is 1. The van der Waals surface area contributed by atoms with E-state index in [1.165, 1.54) is 18.4 Å². The number of pyridine rings is 1. The van der Waals surface area contributed by atoms with Crippen LogP contribution in [0.3, 0.4) is 0 Å². The van der Waals surface area contributed by atoms with Gasteiger partial charge in [-0.2, -0.15) is 4.98 Å². The summed E-state index contributed by atoms with van der Waals surface area (Å²) >= 11 is 0. The highest BCUT2D eigenvalue weighted by molar-refractivity contribution is 5.31. The molecule has 0 spiro atoms. The number of anilines is 1. The van der Waals surface area contributed by atoms with Crippen LogP contribution >= 0.6 is 0 Å². The van der Waals surface area contributed by atoms with Crippen LogP contribution in [0.15, 0.2) is 42.0 Å². The normalized spacial score (nSPS) is 25.8. The number of rotatable bonds is 4. The number of piperidine rings is 1. The van der Waals surface area contributed by atoms with Crippen LogP contribution in [0.5, 0.6) is 5.88 Å². The Bertz CT molecular complexity index is 567. The number of nitrogen functional groups attached to an aromatic ring is 1. The standard InChI is InChI=1S/C18H25N3O/c1-14-12-21(13-15-6-3-2-4-7-15)11-10-16(14)22-18-9-5-8-17(19)20-18/h3,5-9,14,16H,2,4,10-13H2,1H3,(H2,19,20). The van der Waals surface area contributed by atoms with Crippen molar-refractivity contribution in [2.75, 3.05) is 25.4 Å². The third-order valence-corrected chi connectivity index (χ3v) is 4.41. The zero-order valence-electron chi connectivity index (χ0n) is 13.2. The first-order chi connectivity index (χ1) is 10.7. The average Bonchev–Trinajstić information content (AvgIpc) is 2.51. The molecule has 1 saturated heterocycles. The molecule has 118 valence electrons. The van der Waals surface area contributed by atoms with E-state index in [1.807, 2.05) is 12.1 Å². The van der Waals surface area contributed by atoms with Crippen molar-refractivity contribution in [1.29, 1.82) is 0 Å². The van der Waals surface area contributed by atoms with E-state index in [1.54, 1.807) is 6.07 Å². The molecule has 4 heteroatoms. The first kappa shape index (κ1) is 15.1. The molecule has 2 heterocycles. The maximum atomic E-state index is 6.04. The van der Waals surface area contributed by atoms with E-state index in [4.69, 9.17) is 10.5 Å². The van der Waals surface area contributed by atoms with Crippen LogP contribution in [0.2, 0.25) is 0 Å². The molecule has 1 aromatic rings. The Morgan fingerprint density at radius 1 is 1.36 bits per heavy atom. The molecule has 2 atom stereocenters. The Morgan fingerprint density at radius 3 is 3.00 bits per heavy atom. The number of hydrogen-bond donors (Lipinski definition) is 1. The minimum atomic E-state index is 0.224. The van der Waals surface area contributed by atoms with E-state index in [0.717, 1.165) is 26.1 Å². The number of allylic oxidation sites excluding steroid dienone is 2. The molecular formula is C18H25N3O. The molecule has 1 aliphatic carbocycles. The molecule has 0 aromatic carbocycles. The van der Waals surface area contributed by atoms with Crippen molar-refractivity contribution in [3.63, 3.8) is 0 Å². The number of aromatic nitrogens is 1. The van der Waals surface area contributed by atoms with Crippen molar-refractivity contribution >= 4 is 5.82 Å². The highest BCUT2D eigenvalue weighted by Gasteiger charge is 2.28. The summed E-state index contributed by atoms with van der Waals surface area (Å²) in [6.45, 7) is 5.46. The molecule has 2 unspecified atom stereocenters. The second-order valence-electron chi connectivity index (χ2n) is 6.32. The summed E-state index contributed by atoms with van der Waals surface area (Å²) < 4.78 is 6.04. The lowest BCUT2D eigenvalue weighted by molar-refractivity contribution is 0.0538. The molecule has 2 aliphatic rings. The van der Waals surface area contributed by atoms with E-state index >= 15 is 0 Å². The van der Waals surface area contributed by atoms with Gasteiger partial charge in [0.1, 0.15) is 11.9 Å². The molecule has 1 aliphatic heterocycles. The smallest absolute Gasteiger partial charge is 0.215 e. The van der Waals surface area contributed by atoms with Gasteiger partial charge in [0.15, 0.2) is 0 Å². The van der Waals surface area contributed by atoms with Gasteiger partial charge in [-0.05, 0) is 30.9 Å². The third-order valence-electron chi connectivity index (χ3n) is 4.41. The quantitative estimate of drug-likeness (QED) is 0.928. The van der Waals surface area contributed by atoms with Gasteiger partial charge in [0.25, 0.3) is 0 Å². The van der Waals surface area contributed by atoms with Gasteiger partial charge in [-0.1, -0.05) is 31.2 Å². The summed E-state index contributed by atoms with van der Waals surface area (Å²) in [4.78, 5) is 6.76. The molecular weight excluding hydrogens is 274 g/mol. The van der Waals surface area contributed by atoms with Gasteiger partial charge < -0.3 is 10.5 Å². The van der Waals surface area contributed by atoms with Crippen molar-refractivity contribution in [2.45, 2.75) is 32.3 Å². The SMILES string of the molecule is CC1CN(CC2=CCCC=C2)CCC1Oc1cccc(N)n1. The fourth-order valence-electron chi connectivity index (χ4n) is 3.22. The van der Waals surface area contributed by atoms with Crippen molar-refractivity contribution in [2.24, 2.45) is 5.92 Å². The van der Waals surface area contributed by atoms with Crippen LogP contribution in [-0.4, -0.2) is 35.6 Å².